The first-order chi connectivity index (χ1) is 11.2. The van der Waals surface area contributed by atoms with E-state index >= 15 is 0 Å². The molecule has 23 heavy (non-hydrogen) atoms. The zero-order valence-corrected chi connectivity index (χ0v) is 13.8. The minimum Gasteiger partial charge on any atom is -0.497 e. The van der Waals surface area contributed by atoms with Crippen LogP contribution >= 0.6 is 0 Å². The summed E-state index contributed by atoms with van der Waals surface area (Å²) >= 11 is 0. The van der Waals surface area contributed by atoms with Gasteiger partial charge in [0.1, 0.15) is 11.5 Å². The molecule has 1 aromatic carbocycles. The van der Waals surface area contributed by atoms with E-state index in [1.54, 1.807) is 14.2 Å². The van der Waals surface area contributed by atoms with Crippen molar-refractivity contribution in [3.05, 3.63) is 28.8 Å². The number of likely N-dealkylation sites (tertiary alicyclic amines) is 1. The van der Waals surface area contributed by atoms with Gasteiger partial charge in [0.15, 0.2) is 0 Å². The third-order valence-electron chi connectivity index (χ3n) is 5.52. The fourth-order valence-corrected chi connectivity index (χ4v) is 4.52. The monoisotopic (exact) mass is 313 g/mol. The van der Waals surface area contributed by atoms with Crippen molar-refractivity contribution in [3.63, 3.8) is 0 Å². The second-order valence-corrected chi connectivity index (χ2v) is 6.69. The molecule has 4 nitrogen and oxygen atoms in total. The molecule has 2 fully saturated rings. The normalized spacial score (nSPS) is 25.9. The molecule has 0 aromatic heterocycles. The summed E-state index contributed by atoms with van der Waals surface area (Å²) in [5.74, 6) is 2.38. The van der Waals surface area contributed by atoms with Crippen molar-refractivity contribution >= 4 is 12.0 Å². The van der Waals surface area contributed by atoms with Crippen molar-refractivity contribution in [2.75, 3.05) is 20.8 Å². The lowest BCUT2D eigenvalue weighted by Crippen LogP contribution is -2.36. The summed E-state index contributed by atoms with van der Waals surface area (Å²) in [5, 5.41) is 0. The molecule has 2 atom stereocenters. The summed E-state index contributed by atoms with van der Waals surface area (Å²) in [6.07, 6.45) is 7.46. The SMILES string of the molecule is COc1cc2c(c(OC)c1)[C@@H](N1CCCC1=O)[C@@H]1CCCC1=C2. The van der Waals surface area contributed by atoms with Crippen LogP contribution in [0.5, 0.6) is 11.5 Å². The van der Waals surface area contributed by atoms with Gasteiger partial charge in [-0.3, -0.25) is 4.79 Å². The maximum absolute atomic E-state index is 12.4. The molecule has 122 valence electrons. The highest BCUT2D eigenvalue weighted by Gasteiger charge is 2.42. The van der Waals surface area contributed by atoms with Gasteiger partial charge >= 0.3 is 0 Å². The summed E-state index contributed by atoms with van der Waals surface area (Å²) in [6.45, 7) is 0.863. The lowest BCUT2D eigenvalue weighted by atomic mass is 9.79. The lowest BCUT2D eigenvalue weighted by Gasteiger charge is -2.38. The van der Waals surface area contributed by atoms with Gasteiger partial charge in [0.2, 0.25) is 5.91 Å². The van der Waals surface area contributed by atoms with E-state index < -0.39 is 0 Å². The number of carbonyl (C=O) groups excluding carboxylic acids is 1. The van der Waals surface area contributed by atoms with Gasteiger partial charge in [-0.1, -0.05) is 11.6 Å². The molecular formula is C19H23NO3. The summed E-state index contributed by atoms with van der Waals surface area (Å²) in [7, 11) is 3.38. The van der Waals surface area contributed by atoms with E-state index in [9.17, 15) is 4.79 Å². The highest BCUT2D eigenvalue weighted by atomic mass is 16.5. The molecule has 0 spiro atoms. The number of hydrogen-bond donors (Lipinski definition) is 0. The quantitative estimate of drug-likeness (QED) is 0.856. The number of rotatable bonds is 3. The Hall–Kier alpha value is -1.97. The first-order valence-corrected chi connectivity index (χ1v) is 8.48. The minimum atomic E-state index is 0.128. The fourth-order valence-electron chi connectivity index (χ4n) is 4.52. The average Bonchev–Trinajstić information content (AvgIpc) is 3.20. The van der Waals surface area contributed by atoms with Crippen LogP contribution in [-0.2, 0) is 4.79 Å². The minimum absolute atomic E-state index is 0.128. The Labute approximate surface area is 137 Å². The summed E-state index contributed by atoms with van der Waals surface area (Å²) in [4.78, 5) is 14.5. The van der Waals surface area contributed by atoms with Crippen LogP contribution in [0, 0.1) is 5.92 Å². The molecule has 4 rings (SSSR count). The van der Waals surface area contributed by atoms with Gasteiger partial charge in [-0.05, 0) is 37.3 Å². The number of methoxy groups -OCH3 is 2. The predicted molar refractivity (Wildman–Crippen MR) is 88.6 cm³/mol. The number of carbonyl (C=O) groups is 1. The highest BCUT2D eigenvalue weighted by molar-refractivity contribution is 5.80. The van der Waals surface area contributed by atoms with Gasteiger partial charge in [0.05, 0.1) is 20.3 Å². The number of amides is 1. The summed E-state index contributed by atoms with van der Waals surface area (Å²) in [6, 6.07) is 4.15. The summed E-state index contributed by atoms with van der Waals surface area (Å²) < 4.78 is 11.1. The van der Waals surface area contributed by atoms with Crippen LogP contribution in [0.3, 0.4) is 0 Å². The summed E-state index contributed by atoms with van der Waals surface area (Å²) in [5.41, 5.74) is 3.80. The van der Waals surface area contributed by atoms with E-state index in [2.05, 4.69) is 17.0 Å². The molecule has 1 aliphatic heterocycles. The molecule has 1 heterocycles. The second kappa shape index (κ2) is 5.59. The van der Waals surface area contributed by atoms with E-state index in [-0.39, 0.29) is 11.9 Å². The Balaban J connectivity index is 1.89. The zero-order valence-electron chi connectivity index (χ0n) is 13.8. The Morgan fingerprint density at radius 2 is 2.00 bits per heavy atom. The lowest BCUT2D eigenvalue weighted by molar-refractivity contribution is -0.130. The third-order valence-corrected chi connectivity index (χ3v) is 5.52. The molecule has 1 amide bonds. The van der Waals surface area contributed by atoms with Crippen LogP contribution in [0.2, 0.25) is 0 Å². The third kappa shape index (κ3) is 2.23. The van der Waals surface area contributed by atoms with Crippen LogP contribution < -0.4 is 9.47 Å². The molecule has 0 bridgehead atoms. The van der Waals surface area contributed by atoms with Gasteiger partial charge in [-0.15, -0.1) is 0 Å². The number of ether oxygens (including phenoxy) is 2. The molecule has 0 unspecified atom stereocenters. The Bertz CT molecular complexity index is 679. The Morgan fingerprint density at radius 3 is 2.70 bits per heavy atom. The number of nitrogens with zero attached hydrogens (tertiary/aromatic N) is 1. The van der Waals surface area contributed by atoms with E-state index in [4.69, 9.17) is 9.47 Å². The van der Waals surface area contributed by atoms with Crippen LogP contribution in [0.15, 0.2) is 17.7 Å². The van der Waals surface area contributed by atoms with Gasteiger partial charge in [-0.2, -0.15) is 0 Å². The molecule has 1 aromatic rings. The van der Waals surface area contributed by atoms with Crippen molar-refractivity contribution in [1.29, 1.82) is 0 Å². The molecule has 3 aliphatic rings. The molecule has 0 N–H and O–H groups in total. The maximum Gasteiger partial charge on any atom is 0.223 e. The fraction of sp³-hybridized carbons (Fsp3) is 0.526. The molecule has 1 saturated heterocycles. The van der Waals surface area contributed by atoms with Crippen molar-refractivity contribution in [2.45, 2.75) is 38.1 Å². The Kier molecular flexibility index (Phi) is 3.55. The molecule has 1 saturated carbocycles. The highest BCUT2D eigenvalue weighted by Crippen LogP contribution is 2.52. The molecular weight excluding hydrogens is 290 g/mol. The van der Waals surface area contributed by atoms with Gasteiger partial charge < -0.3 is 14.4 Å². The standard InChI is InChI=1S/C19H23NO3/c1-22-14-10-13-9-12-5-3-6-15(12)19(18(13)16(11-14)23-2)20-8-4-7-17(20)21/h9-11,15,19H,3-8H2,1-2H3/t15-,19+/m1/s1. The maximum atomic E-state index is 12.4. The van der Waals surface area contributed by atoms with Crippen molar-refractivity contribution in [3.8, 4) is 11.5 Å². The van der Waals surface area contributed by atoms with E-state index in [1.165, 1.54) is 17.6 Å². The number of benzene rings is 1. The van der Waals surface area contributed by atoms with E-state index in [0.29, 0.717) is 12.3 Å². The number of fused-ring (bicyclic) bond motifs is 2. The first-order valence-electron chi connectivity index (χ1n) is 8.48. The molecule has 2 aliphatic carbocycles. The van der Waals surface area contributed by atoms with Crippen LogP contribution in [0.4, 0.5) is 0 Å². The zero-order chi connectivity index (χ0) is 16.0. The Morgan fingerprint density at radius 1 is 1.13 bits per heavy atom. The second-order valence-electron chi connectivity index (χ2n) is 6.69. The smallest absolute Gasteiger partial charge is 0.223 e. The van der Waals surface area contributed by atoms with Crippen LogP contribution in [0.25, 0.3) is 6.08 Å². The molecule has 4 heteroatoms. The van der Waals surface area contributed by atoms with E-state index in [1.807, 2.05) is 6.07 Å². The van der Waals surface area contributed by atoms with Gasteiger partial charge in [0, 0.05) is 30.5 Å². The number of hydrogen-bond acceptors (Lipinski definition) is 3. The predicted octanol–water partition coefficient (Wildman–Crippen LogP) is 3.56. The largest absolute Gasteiger partial charge is 0.497 e. The van der Waals surface area contributed by atoms with E-state index in [0.717, 1.165) is 42.9 Å². The van der Waals surface area contributed by atoms with Gasteiger partial charge in [0.25, 0.3) is 0 Å². The van der Waals surface area contributed by atoms with Gasteiger partial charge in [-0.25, -0.2) is 0 Å². The molecule has 0 radical (unpaired) electrons. The first kappa shape index (κ1) is 14.6. The average molecular weight is 313 g/mol. The van der Waals surface area contributed by atoms with Crippen molar-refractivity contribution < 1.29 is 14.3 Å². The van der Waals surface area contributed by atoms with Crippen molar-refractivity contribution in [1.82, 2.24) is 4.90 Å². The topological polar surface area (TPSA) is 38.8 Å². The van der Waals surface area contributed by atoms with Crippen LogP contribution in [-0.4, -0.2) is 31.6 Å². The van der Waals surface area contributed by atoms with Crippen LogP contribution in [0.1, 0.15) is 49.3 Å². The van der Waals surface area contributed by atoms with Crippen molar-refractivity contribution in [2.24, 2.45) is 5.92 Å².